The number of non-ortho nitro benzene ring substituents is 1. The highest BCUT2D eigenvalue weighted by Gasteiger charge is 2.22. The SMILES string of the molecule is NCC(Nc1cccc([N+](=O)[O-])c1)C1CCCCC1. The molecule has 0 aliphatic heterocycles. The van der Waals surface area contributed by atoms with Crippen molar-refractivity contribution < 1.29 is 4.92 Å². The molecule has 5 heteroatoms. The fourth-order valence-electron chi connectivity index (χ4n) is 2.83. The van der Waals surface area contributed by atoms with E-state index in [0.717, 1.165) is 5.69 Å². The number of nitro groups is 1. The van der Waals surface area contributed by atoms with E-state index in [1.807, 2.05) is 6.07 Å². The summed E-state index contributed by atoms with van der Waals surface area (Å²) in [5.74, 6) is 0.581. The van der Waals surface area contributed by atoms with Crippen LogP contribution in [0.5, 0.6) is 0 Å². The Morgan fingerprint density at radius 1 is 1.37 bits per heavy atom. The molecule has 0 aromatic heterocycles. The van der Waals surface area contributed by atoms with E-state index in [2.05, 4.69) is 5.32 Å². The number of nitrogens with one attached hydrogen (secondary N) is 1. The molecule has 0 spiro atoms. The zero-order valence-corrected chi connectivity index (χ0v) is 11.0. The van der Waals surface area contributed by atoms with Gasteiger partial charge in [-0.2, -0.15) is 0 Å². The highest BCUT2D eigenvalue weighted by Crippen LogP contribution is 2.28. The van der Waals surface area contributed by atoms with Crippen LogP contribution in [0.15, 0.2) is 24.3 Å². The van der Waals surface area contributed by atoms with Crippen LogP contribution in [0.3, 0.4) is 0 Å². The smallest absolute Gasteiger partial charge is 0.271 e. The van der Waals surface area contributed by atoms with Crippen molar-refractivity contribution in [1.29, 1.82) is 0 Å². The van der Waals surface area contributed by atoms with Crippen LogP contribution in [0, 0.1) is 16.0 Å². The van der Waals surface area contributed by atoms with Gasteiger partial charge in [0.05, 0.1) is 4.92 Å². The van der Waals surface area contributed by atoms with E-state index in [1.165, 1.54) is 38.2 Å². The normalized spacial score (nSPS) is 17.9. The molecule has 0 heterocycles. The molecule has 1 aliphatic carbocycles. The maximum absolute atomic E-state index is 10.8. The minimum atomic E-state index is -0.372. The molecular weight excluding hydrogens is 242 g/mol. The summed E-state index contributed by atoms with van der Waals surface area (Å²) >= 11 is 0. The molecule has 0 saturated heterocycles. The molecule has 1 aromatic carbocycles. The second-order valence-corrected chi connectivity index (χ2v) is 5.19. The van der Waals surface area contributed by atoms with Crippen LogP contribution < -0.4 is 11.1 Å². The van der Waals surface area contributed by atoms with Crippen LogP contribution in [0.1, 0.15) is 32.1 Å². The van der Waals surface area contributed by atoms with Crippen LogP contribution in [-0.4, -0.2) is 17.5 Å². The number of hydrogen-bond donors (Lipinski definition) is 2. The van der Waals surface area contributed by atoms with Crippen molar-refractivity contribution >= 4 is 11.4 Å². The van der Waals surface area contributed by atoms with E-state index in [4.69, 9.17) is 5.73 Å². The van der Waals surface area contributed by atoms with Crippen molar-refractivity contribution in [3.05, 3.63) is 34.4 Å². The Morgan fingerprint density at radius 3 is 2.74 bits per heavy atom. The van der Waals surface area contributed by atoms with Gasteiger partial charge in [-0.05, 0) is 24.8 Å². The third kappa shape index (κ3) is 3.67. The zero-order chi connectivity index (χ0) is 13.7. The summed E-state index contributed by atoms with van der Waals surface area (Å²) in [5.41, 5.74) is 6.76. The van der Waals surface area contributed by atoms with Crippen LogP contribution in [0.25, 0.3) is 0 Å². The molecule has 0 radical (unpaired) electrons. The molecule has 1 atom stereocenters. The Balaban J connectivity index is 2.04. The lowest BCUT2D eigenvalue weighted by atomic mass is 9.84. The maximum atomic E-state index is 10.8. The van der Waals surface area contributed by atoms with Gasteiger partial charge in [-0.3, -0.25) is 10.1 Å². The summed E-state index contributed by atoms with van der Waals surface area (Å²) in [4.78, 5) is 10.4. The molecule has 5 nitrogen and oxygen atoms in total. The quantitative estimate of drug-likeness (QED) is 0.632. The topological polar surface area (TPSA) is 81.2 Å². The molecule has 1 unspecified atom stereocenters. The van der Waals surface area contributed by atoms with Gasteiger partial charge in [0.25, 0.3) is 5.69 Å². The number of benzene rings is 1. The monoisotopic (exact) mass is 263 g/mol. The number of hydrogen-bond acceptors (Lipinski definition) is 4. The van der Waals surface area contributed by atoms with E-state index >= 15 is 0 Å². The van der Waals surface area contributed by atoms with E-state index in [1.54, 1.807) is 12.1 Å². The first kappa shape index (κ1) is 13.8. The second kappa shape index (κ2) is 6.52. The number of anilines is 1. The first-order valence-corrected chi connectivity index (χ1v) is 6.92. The molecule has 1 aliphatic rings. The highest BCUT2D eigenvalue weighted by molar-refractivity contribution is 5.51. The van der Waals surface area contributed by atoms with Crippen LogP contribution in [0.4, 0.5) is 11.4 Å². The van der Waals surface area contributed by atoms with Crippen LogP contribution >= 0.6 is 0 Å². The van der Waals surface area contributed by atoms with Gasteiger partial charge in [0.1, 0.15) is 0 Å². The van der Waals surface area contributed by atoms with Crippen molar-refractivity contribution in [2.75, 3.05) is 11.9 Å². The largest absolute Gasteiger partial charge is 0.381 e. The average Bonchev–Trinajstić information content (AvgIpc) is 2.46. The molecule has 1 saturated carbocycles. The zero-order valence-electron chi connectivity index (χ0n) is 11.0. The Hall–Kier alpha value is -1.62. The molecule has 3 N–H and O–H groups in total. The fourth-order valence-corrected chi connectivity index (χ4v) is 2.83. The standard InChI is InChI=1S/C14H21N3O2/c15-10-14(11-5-2-1-3-6-11)16-12-7-4-8-13(9-12)17(18)19/h4,7-9,11,14,16H,1-3,5-6,10,15H2. The lowest BCUT2D eigenvalue weighted by Crippen LogP contribution is -2.37. The van der Waals surface area contributed by atoms with Gasteiger partial charge < -0.3 is 11.1 Å². The third-order valence-electron chi connectivity index (χ3n) is 3.88. The highest BCUT2D eigenvalue weighted by atomic mass is 16.6. The molecule has 19 heavy (non-hydrogen) atoms. The summed E-state index contributed by atoms with van der Waals surface area (Å²) in [7, 11) is 0. The minimum Gasteiger partial charge on any atom is -0.381 e. The molecule has 0 bridgehead atoms. The molecule has 0 amide bonds. The molecule has 1 aromatic rings. The number of nitrogens with zero attached hydrogens (tertiary/aromatic N) is 1. The van der Waals surface area contributed by atoms with Crippen molar-refractivity contribution in [3.8, 4) is 0 Å². The number of nitro benzene ring substituents is 1. The van der Waals surface area contributed by atoms with Crippen molar-refractivity contribution in [1.82, 2.24) is 0 Å². The van der Waals surface area contributed by atoms with Crippen LogP contribution in [0.2, 0.25) is 0 Å². The Morgan fingerprint density at radius 2 is 2.11 bits per heavy atom. The Kier molecular flexibility index (Phi) is 4.74. The van der Waals surface area contributed by atoms with Gasteiger partial charge >= 0.3 is 0 Å². The Labute approximate surface area is 113 Å². The summed E-state index contributed by atoms with van der Waals surface area (Å²) in [6.45, 7) is 0.563. The van der Waals surface area contributed by atoms with Gasteiger partial charge in [-0.15, -0.1) is 0 Å². The predicted molar refractivity (Wildman–Crippen MR) is 76.1 cm³/mol. The maximum Gasteiger partial charge on any atom is 0.271 e. The molecule has 104 valence electrons. The second-order valence-electron chi connectivity index (χ2n) is 5.19. The predicted octanol–water partition coefficient (Wildman–Crippen LogP) is 2.91. The van der Waals surface area contributed by atoms with E-state index in [-0.39, 0.29) is 16.7 Å². The summed E-state index contributed by atoms with van der Waals surface area (Å²) < 4.78 is 0. The number of rotatable bonds is 5. The van der Waals surface area contributed by atoms with Gasteiger partial charge in [-0.25, -0.2) is 0 Å². The van der Waals surface area contributed by atoms with E-state index in [0.29, 0.717) is 12.5 Å². The van der Waals surface area contributed by atoms with E-state index in [9.17, 15) is 10.1 Å². The van der Waals surface area contributed by atoms with Gasteiger partial charge in [-0.1, -0.05) is 25.3 Å². The summed E-state index contributed by atoms with van der Waals surface area (Å²) in [5, 5.41) is 14.1. The first-order valence-electron chi connectivity index (χ1n) is 6.92. The van der Waals surface area contributed by atoms with Gasteiger partial charge in [0.2, 0.25) is 0 Å². The summed E-state index contributed by atoms with van der Waals surface area (Å²) in [6, 6.07) is 6.85. The van der Waals surface area contributed by atoms with Crippen molar-refractivity contribution in [2.45, 2.75) is 38.1 Å². The van der Waals surface area contributed by atoms with Gasteiger partial charge in [0, 0.05) is 30.4 Å². The van der Waals surface area contributed by atoms with E-state index < -0.39 is 0 Å². The average molecular weight is 263 g/mol. The van der Waals surface area contributed by atoms with Crippen molar-refractivity contribution in [3.63, 3.8) is 0 Å². The minimum absolute atomic E-state index is 0.115. The Bertz CT molecular complexity index is 430. The molecule has 2 rings (SSSR count). The first-order chi connectivity index (χ1) is 9.20. The fraction of sp³-hybridized carbons (Fsp3) is 0.571. The number of nitrogens with two attached hydrogens (primary N) is 1. The molecular formula is C14H21N3O2. The third-order valence-corrected chi connectivity index (χ3v) is 3.88. The molecule has 1 fully saturated rings. The lowest BCUT2D eigenvalue weighted by Gasteiger charge is -2.30. The lowest BCUT2D eigenvalue weighted by molar-refractivity contribution is -0.384. The summed E-state index contributed by atoms with van der Waals surface area (Å²) in [6.07, 6.45) is 6.23. The van der Waals surface area contributed by atoms with Crippen LogP contribution in [-0.2, 0) is 0 Å². The van der Waals surface area contributed by atoms with Gasteiger partial charge in [0.15, 0.2) is 0 Å². The van der Waals surface area contributed by atoms with Crippen molar-refractivity contribution in [2.24, 2.45) is 11.7 Å².